The molecule has 3 aromatic carbocycles. The Morgan fingerprint density at radius 1 is 0.900 bits per heavy atom. The summed E-state index contributed by atoms with van der Waals surface area (Å²) in [6.07, 6.45) is 1.26. The summed E-state index contributed by atoms with van der Waals surface area (Å²) in [4.78, 5) is 17.7. The van der Waals surface area contributed by atoms with Gasteiger partial charge in [-0.15, -0.1) is 0 Å². The van der Waals surface area contributed by atoms with Gasteiger partial charge in [-0.05, 0) is 60.0 Å². The molecule has 0 spiro atoms. The molecule has 0 amide bonds. The van der Waals surface area contributed by atoms with E-state index in [9.17, 15) is 4.79 Å². The van der Waals surface area contributed by atoms with Crippen LogP contribution in [-0.4, -0.2) is 36.4 Å². The monoisotopic (exact) mass is 418 g/mol. The third-order valence-electron chi connectivity index (χ3n) is 6.72. The van der Waals surface area contributed by atoms with Crippen molar-refractivity contribution < 1.29 is 4.79 Å². The van der Waals surface area contributed by atoms with Gasteiger partial charge < -0.3 is 4.90 Å². The van der Waals surface area contributed by atoms with Crippen LogP contribution in [0.3, 0.4) is 0 Å². The first-order chi connectivity index (χ1) is 14.5. The number of piperazine rings is 1. The fourth-order valence-corrected chi connectivity index (χ4v) is 5.22. The molecule has 30 heavy (non-hydrogen) atoms. The highest BCUT2D eigenvalue weighted by molar-refractivity contribution is 6.31. The zero-order valence-corrected chi connectivity index (χ0v) is 18.3. The highest BCUT2D eigenvalue weighted by Crippen LogP contribution is 2.37. The molecule has 154 valence electrons. The van der Waals surface area contributed by atoms with Crippen LogP contribution in [0.2, 0.25) is 5.02 Å². The molecule has 5 rings (SSSR count). The summed E-state index contributed by atoms with van der Waals surface area (Å²) in [6.45, 7) is 6.99. The van der Waals surface area contributed by atoms with Gasteiger partial charge in [0.15, 0.2) is 0 Å². The van der Waals surface area contributed by atoms with E-state index in [0.29, 0.717) is 18.6 Å². The average Bonchev–Trinajstić information content (AvgIpc) is 2.74. The molecule has 0 bridgehead atoms. The van der Waals surface area contributed by atoms with Crippen LogP contribution in [-0.2, 0) is 4.79 Å². The van der Waals surface area contributed by atoms with Gasteiger partial charge in [0.2, 0.25) is 0 Å². The molecular formula is C26H27ClN2O. The number of hydrogen-bond donors (Lipinski definition) is 0. The van der Waals surface area contributed by atoms with Crippen LogP contribution < -0.4 is 4.90 Å². The van der Waals surface area contributed by atoms with E-state index in [1.807, 2.05) is 13.0 Å². The van der Waals surface area contributed by atoms with Gasteiger partial charge in [-0.1, -0.05) is 47.5 Å². The number of carbonyl (C=O) groups excluding carboxylic acids is 1. The maximum Gasteiger partial charge on any atom is 0.136 e. The second-order valence-corrected chi connectivity index (χ2v) is 9.25. The standard InChI is InChI=1S/C26H27ClN2O/c1-17-3-4-20-13-21(6-5-19(20)11-17)26-15-24(30)14-23-16-28(9-10-29(23)26)22-7-8-25(27)18(2)12-22/h3-8,11-13,23,26H,9-10,14-16H2,1-2H3. The number of carbonyl (C=O) groups is 1. The molecule has 0 radical (unpaired) electrons. The molecule has 2 aliphatic heterocycles. The number of hydrogen-bond acceptors (Lipinski definition) is 3. The van der Waals surface area contributed by atoms with Crippen molar-refractivity contribution in [3.63, 3.8) is 0 Å². The second-order valence-electron chi connectivity index (χ2n) is 8.84. The molecule has 2 atom stereocenters. The Kier molecular flexibility index (Phi) is 5.04. The number of Topliss-reactive ketones (excluding diaryl/α,β-unsaturated/α-hetero) is 1. The van der Waals surface area contributed by atoms with Gasteiger partial charge >= 0.3 is 0 Å². The molecule has 2 fully saturated rings. The van der Waals surface area contributed by atoms with Crippen LogP contribution in [0, 0.1) is 13.8 Å². The zero-order valence-electron chi connectivity index (χ0n) is 17.6. The third kappa shape index (κ3) is 3.61. The molecule has 2 saturated heterocycles. The van der Waals surface area contributed by atoms with E-state index < -0.39 is 0 Å². The molecule has 3 aromatic rings. The average molecular weight is 419 g/mol. The van der Waals surface area contributed by atoms with E-state index in [1.54, 1.807) is 0 Å². The highest BCUT2D eigenvalue weighted by Gasteiger charge is 2.39. The van der Waals surface area contributed by atoms with Gasteiger partial charge in [0.05, 0.1) is 0 Å². The second kappa shape index (κ2) is 7.72. The fraction of sp³-hybridized carbons (Fsp3) is 0.346. The molecule has 0 aliphatic carbocycles. The predicted molar refractivity (Wildman–Crippen MR) is 125 cm³/mol. The summed E-state index contributed by atoms with van der Waals surface area (Å²) in [6, 6.07) is 19.9. The van der Waals surface area contributed by atoms with E-state index in [2.05, 4.69) is 65.3 Å². The fourth-order valence-electron chi connectivity index (χ4n) is 5.10. The van der Waals surface area contributed by atoms with Crippen molar-refractivity contribution in [3.05, 3.63) is 76.3 Å². The van der Waals surface area contributed by atoms with Gasteiger partial charge in [-0.25, -0.2) is 0 Å². The number of anilines is 1. The first kappa shape index (κ1) is 19.6. The van der Waals surface area contributed by atoms with Crippen molar-refractivity contribution in [2.75, 3.05) is 24.5 Å². The van der Waals surface area contributed by atoms with Crippen LogP contribution in [0.25, 0.3) is 10.8 Å². The molecule has 0 N–H and O–H groups in total. The lowest BCUT2D eigenvalue weighted by Gasteiger charge is -2.48. The molecule has 2 heterocycles. The van der Waals surface area contributed by atoms with Gasteiger partial charge in [-0.2, -0.15) is 0 Å². The summed E-state index contributed by atoms with van der Waals surface area (Å²) in [7, 11) is 0. The van der Waals surface area contributed by atoms with Crippen LogP contribution in [0.1, 0.15) is 35.6 Å². The van der Waals surface area contributed by atoms with E-state index in [0.717, 1.165) is 30.2 Å². The van der Waals surface area contributed by atoms with E-state index in [4.69, 9.17) is 11.6 Å². The summed E-state index contributed by atoms with van der Waals surface area (Å²) in [5.41, 5.74) is 4.84. The molecular weight excluding hydrogens is 392 g/mol. The molecule has 2 aliphatic rings. The first-order valence-corrected chi connectivity index (χ1v) is 11.1. The highest BCUT2D eigenvalue weighted by atomic mass is 35.5. The van der Waals surface area contributed by atoms with E-state index in [-0.39, 0.29) is 12.1 Å². The molecule has 0 saturated carbocycles. The van der Waals surface area contributed by atoms with Gasteiger partial charge in [-0.3, -0.25) is 9.69 Å². The number of nitrogens with zero attached hydrogens (tertiary/aromatic N) is 2. The Balaban J connectivity index is 1.41. The van der Waals surface area contributed by atoms with Crippen molar-refractivity contribution in [1.29, 1.82) is 0 Å². The Morgan fingerprint density at radius 3 is 2.53 bits per heavy atom. The Hall–Kier alpha value is -2.36. The van der Waals surface area contributed by atoms with Crippen LogP contribution in [0.15, 0.2) is 54.6 Å². The van der Waals surface area contributed by atoms with Crippen molar-refractivity contribution in [3.8, 4) is 0 Å². The van der Waals surface area contributed by atoms with Crippen molar-refractivity contribution in [1.82, 2.24) is 4.90 Å². The minimum absolute atomic E-state index is 0.177. The largest absolute Gasteiger partial charge is 0.369 e. The smallest absolute Gasteiger partial charge is 0.136 e. The van der Waals surface area contributed by atoms with Crippen molar-refractivity contribution in [2.45, 2.75) is 38.8 Å². The van der Waals surface area contributed by atoms with Gasteiger partial charge in [0.1, 0.15) is 5.78 Å². The summed E-state index contributed by atoms with van der Waals surface area (Å²) in [5.74, 6) is 0.374. The lowest BCUT2D eigenvalue weighted by Crippen LogP contribution is -2.57. The van der Waals surface area contributed by atoms with Gasteiger partial charge in [0.25, 0.3) is 0 Å². The molecule has 0 aromatic heterocycles. The SMILES string of the molecule is Cc1ccc2cc(C3CC(=O)CC4CN(c5ccc(Cl)c(C)c5)CCN43)ccc2c1. The third-order valence-corrected chi connectivity index (χ3v) is 7.15. The van der Waals surface area contributed by atoms with Crippen LogP contribution in [0.4, 0.5) is 5.69 Å². The predicted octanol–water partition coefficient (Wildman–Crippen LogP) is 5.70. The number of piperidine rings is 1. The van der Waals surface area contributed by atoms with E-state index in [1.165, 1.54) is 27.6 Å². The molecule has 2 unspecified atom stereocenters. The maximum atomic E-state index is 12.7. The van der Waals surface area contributed by atoms with Gasteiger partial charge in [0, 0.05) is 55.3 Å². The maximum absolute atomic E-state index is 12.7. The number of halogens is 1. The summed E-state index contributed by atoms with van der Waals surface area (Å²) >= 11 is 6.21. The van der Waals surface area contributed by atoms with Crippen molar-refractivity contribution >= 4 is 33.8 Å². The number of benzene rings is 3. The number of aryl methyl sites for hydroxylation is 2. The quantitative estimate of drug-likeness (QED) is 0.533. The van der Waals surface area contributed by atoms with Crippen LogP contribution >= 0.6 is 11.6 Å². The molecule has 4 heteroatoms. The van der Waals surface area contributed by atoms with Crippen molar-refractivity contribution in [2.24, 2.45) is 0 Å². The summed E-state index contributed by atoms with van der Waals surface area (Å²) < 4.78 is 0. The summed E-state index contributed by atoms with van der Waals surface area (Å²) in [5, 5.41) is 3.32. The lowest BCUT2D eigenvalue weighted by molar-refractivity contribution is -0.125. The minimum atomic E-state index is 0.177. The van der Waals surface area contributed by atoms with Crippen LogP contribution in [0.5, 0.6) is 0 Å². The normalized spacial score (nSPS) is 22.4. The Bertz CT molecular complexity index is 1130. The minimum Gasteiger partial charge on any atom is -0.369 e. The Labute approximate surface area is 183 Å². The van der Waals surface area contributed by atoms with E-state index >= 15 is 0 Å². The first-order valence-electron chi connectivity index (χ1n) is 10.8. The topological polar surface area (TPSA) is 23.6 Å². The Morgan fingerprint density at radius 2 is 1.70 bits per heavy atom. The number of fused-ring (bicyclic) bond motifs is 2. The zero-order chi connectivity index (χ0) is 20.8. The molecule has 3 nitrogen and oxygen atoms in total. The number of ketones is 1. The number of rotatable bonds is 2. The lowest BCUT2D eigenvalue weighted by atomic mass is 9.87.